The van der Waals surface area contributed by atoms with E-state index in [1.165, 1.54) is 59.0 Å². The van der Waals surface area contributed by atoms with Crippen LogP contribution in [-0.4, -0.2) is 43.8 Å². The highest BCUT2D eigenvalue weighted by Crippen LogP contribution is 2.25. The molecule has 0 amide bonds. The van der Waals surface area contributed by atoms with Gasteiger partial charge in [-0.25, -0.2) is 26.2 Å². The molecule has 0 spiro atoms. The number of sulfonamides is 2. The smallest absolute Gasteiger partial charge is 0.243 e. The molecule has 3 rings (SSSR count). The second-order valence-electron chi connectivity index (χ2n) is 7.06. The van der Waals surface area contributed by atoms with E-state index >= 15 is 0 Å². The van der Waals surface area contributed by atoms with Crippen LogP contribution < -0.4 is 4.72 Å². The highest BCUT2D eigenvalue weighted by atomic mass is 32.2. The van der Waals surface area contributed by atoms with Gasteiger partial charge in [-0.2, -0.15) is 9.03 Å². The summed E-state index contributed by atoms with van der Waals surface area (Å²) in [6.45, 7) is 4.08. The molecule has 0 aliphatic heterocycles. The Balaban J connectivity index is 1.95. The predicted octanol–water partition coefficient (Wildman–Crippen LogP) is 2.66. The van der Waals surface area contributed by atoms with E-state index in [4.69, 9.17) is 0 Å². The second-order valence-corrected chi connectivity index (χ2v) is 10.7. The summed E-state index contributed by atoms with van der Waals surface area (Å²) >= 11 is 0. The Morgan fingerprint density at radius 3 is 2.03 bits per heavy atom. The standard InChI is InChI=1S/C21H25FN4O4S2/c1-4-26(5-2)32(29,30)19-12-10-18(11-13-19)31(27,28)24-20(21-23-14-15-25(21)3)16-6-8-17(22)9-7-16/h6-15,20,24H,4-5H2,1-3H3. The Bertz CT molecular complexity index is 1270. The Morgan fingerprint density at radius 1 is 0.969 bits per heavy atom. The summed E-state index contributed by atoms with van der Waals surface area (Å²) in [5.74, 6) is -0.0267. The maximum absolute atomic E-state index is 13.4. The summed E-state index contributed by atoms with van der Waals surface area (Å²) in [6.07, 6.45) is 3.21. The molecule has 172 valence electrons. The Kier molecular flexibility index (Phi) is 7.13. The molecular formula is C21H25FN4O4S2. The van der Waals surface area contributed by atoms with E-state index in [0.29, 0.717) is 24.5 Å². The molecule has 0 bridgehead atoms. The van der Waals surface area contributed by atoms with Crippen LogP contribution in [-0.2, 0) is 27.1 Å². The Morgan fingerprint density at radius 2 is 1.53 bits per heavy atom. The van der Waals surface area contributed by atoms with Crippen molar-refractivity contribution in [2.24, 2.45) is 7.05 Å². The highest BCUT2D eigenvalue weighted by Gasteiger charge is 2.27. The van der Waals surface area contributed by atoms with Gasteiger partial charge in [0.2, 0.25) is 20.0 Å². The number of aryl methyl sites for hydroxylation is 1. The lowest BCUT2D eigenvalue weighted by Crippen LogP contribution is -2.32. The first-order valence-corrected chi connectivity index (χ1v) is 12.9. The third-order valence-electron chi connectivity index (χ3n) is 5.07. The molecule has 0 aliphatic rings. The first-order chi connectivity index (χ1) is 15.1. The van der Waals surface area contributed by atoms with Gasteiger partial charge in [0.25, 0.3) is 0 Å². The molecule has 0 saturated heterocycles. The topological polar surface area (TPSA) is 101 Å². The van der Waals surface area contributed by atoms with E-state index in [1.807, 2.05) is 0 Å². The van der Waals surface area contributed by atoms with Crippen LogP contribution in [0.3, 0.4) is 0 Å². The van der Waals surface area contributed by atoms with Gasteiger partial charge in [-0.1, -0.05) is 26.0 Å². The average Bonchev–Trinajstić information content (AvgIpc) is 3.19. The molecule has 1 aromatic heterocycles. The summed E-state index contributed by atoms with van der Waals surface area (Å²) in [5, 5.41) is 0. The molecule has 0 aliphatic carbocycles. The van der Waals surface area contributed by atoms with Crippen LogP contribution in [0.25, 0.3) is 0 Å². The monoisotopic (exact) mass is 480 g/mol. The highest BCUT2D eigenvalue weighted by molar-refractivity contribution is 7.89. The van der Waals surface area contributed by atoms with Gasteiger partial charge in [-0.05, 0) is 42.0 Å². The van der Waals surface area contributed by atoms with Crippen molar-refractivity contribution in [3.8, 4) is 0 Å². The van der Waals surface area contributed by atoms with Crippen molar-refractivity contribution in [3.63, 3.8) is 0 Å². The number of aromatic nitrogens is 2. The fraction of sp³-hybridized carbons (Fsp3) is 0.286. The number of benzene rings is 2. The van der Waals surface area contributed by atoms with Crippen molar-refractivity contribution in [2.75, 3.05) is 13.1 Å². The van der Waals surface area contributed by atoms with Gasteiger partial charge in [-0.3, -0.25) is 0 Å². The van der Waals surface area contributed by atoms with E-state index in [-0.39, 0.29) is 9.79 Å². The number of halogens is 1. The van der Waals surface area contributed by atoms with Crippen LogP contribution in [0.1, 0.15) is 31.3 Å². The Hall–Kier alpha value is -2.60. The molecule has 1 N–H and O–H groups in total. The lowest BCUT2D eigenvalue weighted by Gasteiger charge is -2.20. The number of hydrogen-bond acceptors (Lipinski definition) is 5. The molecule has 8 nitrogen and oxygen atoms in total. The van der Waals surface area contributed by atoms with Crippen LogP contribution in [0.2, 0.25) is 0 Å². The van der Waals surface area contributed by atoms with Gasteiger partial charge in [-0.15, -0.1) is 0 Å². The molecule has 0 saturated carbocycles. The van der Waals surface area contributed by atoms with Crippen molar-refractivity contribution in [1.29, 1.82) is 0 Å². The summed E-state index contributed by atoms with van der Waals surface area (Å²) in [6, 6.07) is 9.62. The van der Waals surface area contributed by atoms with Crippen LogP contribution in [0.15, 0.2) is 70.7 Å². The van der Waals surface area contributed by atoms with Crippen LogP contribution in [0, 0.1) is 5.82 Å². The van der Waals surface area contributed by atoms with Crippen molar-refractivity contribution in [2.45, 2.75) is 29.7 Å². The first kappa shape index (κ1) is 24.1. The molecule has 1 heterocycles. The molecule has 11 heteroatoms. The normalized spacial score (nSPS) is 13.4. The minimum Gasteiger partial charge on any atom is -0.336 e. The SMILES string of the molecule is CCN(CC)S(=O)(=O)c1ccc(S(=O)(=O)NC(c2ccc(F)cc2)c2nccn2C)cc1. The molecule has 1 atom stereocenters. The van der Waals surface area contributed by atoms with E-state index in [9.17, 15) is 21.2 Å². The summed E-state index contributed by atoms with van der Waals surface area (Å²) in [4.78, 5) is 4.15. The Labute approximate surface area is 187 Å². The summed E-state index contributed by atoms with van der Waals surface area (Å²) in [7, 11) is -6.04. The van der Waals surface area contributed by atoms with Gasteiger partial charge in [0.15, 0.2) is 0 Å². The van der Waals surface area contributed by atoms with E-state index in [1.54, 1.807) is 31.7 Å². The van der Waals surface area contributed by atoms with Crippen LogP contribution in [0.5, 0.6) is 0 Å². The molecule has 3 aromatic rings. The zero-order valence-electron chi connectivity index (χ0n) is 17.9. The van der Waals surface area contributed by atoms with Crippen molar-refractivity contribution >= 4 is 20.0 Å². The summed E-state index contributed by atoms with van der Waals surface area (Å²) in [5.41, 5.74) is 0.505. The third kappa shape index (κ3) is 4.90. The molecule has 2 aromatic carbocycles. The predicted molar refractivity (Wildman–Crippen MR) is 118 cm³/mol. The third-order valence-corrected chi connectivity index (χ3v) is 8.57. The minimum atomic E-state index is -4.06. The molecule has 1 unspecified atom stereocenters. The van der Waals surface area contributed by atoms with E-state index < -0.39 is 31.9 Å². The van der Waals surface area contributed by atoms with Crippen LogP contribution >= 0.6 is 0 Å². The van der Waals surface area contributed by atoms with Crippen molar-refractivity contribution in [3.05, 3.63) is 78.1 Å². The van der Waals surface area contributed by atoms with Gasteiger partial charge in [0.05, 0.1) is 9.79 Å². The molecule has 32 heavy (non-hydrogen) atoms. The van der Waals surface area contributed by atoms with Crippen molar-refractivity contribution in [1.82, 2.24) is 18.6 Å². The molecular weight excluding hydrogens is 455 g/mol. The van der Waals surface area contributed by atoms with Gasteiger partial charge < -0.3 is 4.57 Å². The number of nitrogens with one attached hydrogen (secondary N) is 1. The average molecular weight is 481 g/mol. The zero-order chi connectivity index (χ0) is 23.5. The second kappa shape index (κ2) is 9.49. The van der Waals surface area contributed by atoms with Gasteiger partial charge in [0.1, 0.15) is 17.7 Å². The first-order valence-electron chi connectivity index (χ1n) is 9.95. The minimum absolute atomic E-state index is 0.0133. The maximum Gasteiger partial charge on any atom is 0.243 e. The number of hydrogen-bond donors (Lipinski definition) is 1. The zero-order valence-corrected chi connectivity index (χ0v) is 19.6. The largest absolute Gasteiger partial charge is 0.336 e. The maximum atomic E-state index is 13.4. The van der Waals surface area contributed by atoms with Crippen LogP contribution in [0.4, 0.5) is 4.39 Å². The fourth-order valence-electron chi connectivity index (χ4n) is 3.31. The molecule has 0 fully saturated rings. The summed E-state index contributed by atoms with van der Waals surface area (Å²) < 4.78 is 70.5. The van der Waals surface area contributed by atoms with Gasteiger partial charge in [0, 0.05) is 32.5 Å². The lowest BCUT2D eigenvalue weighted by atomic mass is 10.1. The number of imidazole rings is 1. The fourth-order valence-corrected chi connectivity index (χ4v) is 5.95. The van der Waals surface area contributed by atoms with Gasteiger partial charge >= 0.3 is 0 Å². The number of nitrogens with zero attached hydrogens (tertiary/aromatic N) is 3. The molecule has 0 radical (unpaired) electrons. The van der Waals surface area contributed by atoms with E-state index in [2.05, 4.69) is 9.71 Å². The van der Waals surface area contributed by atoms with E-state index in [0.717, 1.165) is 0 Å². The quantitative estimate of drug-likeness (QED) is 0.507. The number of rotatable bonds is 9. The van der Waals surface area contributed by atoms with Crippen molar-refractivity contribution < 1.29 is 21.2 Å². The lowest BCUT2D eigenvalue weighted by molar-refractivity contribution is 0.445.